The number of methoxy groups -OCH3 is 1. The van der Waals surface area contributed by atoms with E-state index in [2.05, 4.69) is 20.3 Å². The Morgan fingerprint density at radius 2 is 1.88 bits per heavy atom. The van der Waals surface area contributed by atoms with Crippen LogP contribution >= 0.6 is 11.3 Å². The van der Waals surface area contributed by atoms with Crippen molar-refractivity contribution >= 4 is 21.6 Å². The van der Waals surface area contributed by atoms with Crippen LogP contribution in [0.15, 0.2) is 60.5 Å². The number of thiophene rings is 1. The molecule has 4 aromatic rings. The molecule has 0 bridgehead atoms. The molecule has 4 rings (SSSR count). The lowest BCUT2D eigenvalue weighted by Crippen LogP contribution is -1.91. The topological polar surface area (TPSA) is 57.1 Å². The first-order chi connectivity index (χ1) is 11.8. The Morgan fingerprint density at radius 1 is 1.00 bits per heavy atom. The van der Waals surface area contributed by atoms with Crippen molar-refractivity contribution in [1.82, 2.24) is 15.0 Å². The third kappa shape index (κ3) is 2.68. The largest absolute Gasteiger partial charge is 0.497 e. The second-order valence-corrected chi connectivity index (χ2v) is 5.89. The molecular weight excluding hydrogens is 322 g/mol. The molecule has 0 atom stereocenters. The van der Waals surface area contributed by atoms with E-state index >= 15 is 0 Å². The Balaban J connectivity index is 1.82. The summed E-state index contributed by atoms with van der Waals surface area (Å²) in [6.45, 7) is 0. The summed E-state index contributed by atoms with van der Waals surface area (Å²) in [6.07, 6.45) is 4.88. The van der Waals surface area contributed by atoms with Crippen LogP contribution in [0.2, 0.25) is 0 Å². The molecule has 0 spiro atoms. The van der Waals surface area contributed by atoms with Crippen molar-refractivity contribution in [3.05, 3.63) is 60.5 Å². The van der Waals surface area contributed by atoms with Crippen molar-refractivity contribution in [2.45, 2.75) is 0 Å². The molecule has 3 heterocycles. The molecular formula is C18H13N3O2S. The van der Waals surface area contributed by atoms with Crippen LogP contribution in [0, 0.1) is 0 Å². The van der Waals surface area contributed by atoms with Gasteiger partial charge < -0.3 is 9.47 Å². The lowest BCUT2D eigenvalue weighted by atomic mass is 10.1. The molecule has 0 fully saturated rings. The fourth-order valence-corrected chi connectivity index (χ4v) is 3.33. The van der Waals surface area contributed by atoms with Crippen molar-refractivity contribution in [2.24, 2.45) is 0 Å². The van der Waals surface area contributed by atoms with Gasteiger partial charge in [0.15, 0.2) is 0 Å². The quantitative estimate of drug-likeness (QED) is 0.547. The van der Waals surface area contributed by atoms with E-state index in [1.165, 1.54) is 6.33 Å². The van der Waals surface area contributed by atoms with E-state index in [-0.39, 0.29) is 0 Å². The predicted octanol–water partition coefficient (Wildman–Crippen LogP) is 4.55. The summed E-state index contributed by atoms with van der Waals surface area (Å²) in [5.41, 5.74) is 2.10. The Hall–Kier alpha value is -2.99. The van der Waals surface area contributed by atoms with E-state index in [0.717, 1.165) is 27.1 Å². The molecule has 0 radical (unpaired) electrons. The van der Waals surface area contributed by atoms with Gasteiger partial charge in [-0.3, -0.25) is 4.98 Å². The summed E-state index contributed by atoms with van der Waals surface area (Å²) >= 11 is 1.57. The fourth-order valence-electron chi connectivity index (χ4n) is 2.43. The van der Waals surface area contributed by atoms with Crippen LogP contribution in [-0.2, 0) is 0 Å². The first-order valence-corrected chi connectivity index (χ1v) is 8.17. The van der Waals surface area contributed by atoms with Crippen molar-refractivity contribution in [3.8, 4) is 28.5 Å². The van der Waals surface area contributed by atoms with Crippen LogP contribution in [0.25, 0.3) is 21.3 Å². The zero-order valence-electron chi connectivity index (χ0n) is 12.8. The number of benzene rings is 1. The normalized spacial score (nSPS) is 10.7. The molecule has 24 heavy (non-hydrogen) atoms. The van der Waals surface area contributed by atoms with Gasteiger partial charge in [0, 0.05) is 17.1 Å². The summed E-state index contributed by atoms with van der Waals surface area (Å²) in [5, 5.41) is 2.97. The number of fused-ring (bicyclic) bond motifs is 1. The maximum absolute atomic E-state index is 5.93. The summed E-state index contributed by atoms with van der Waals surface area (Å²) in [7, 11) is 1.66. The van der Waals surface area contributed by atoms with Crippen molar-refractivity contribution in [1.29, 1.82) is 0 Å². The molecule has 0 aliphatic carbocycles. The maximum Gasteiger partial charge on any atom is 0.231 e. The van der Waals surface area contributed by atoms with Crippen molar-refractivity contribution in [2.75, 3.05) is 7.11 Å². The van der Waals surface area contributed by atoms with E-state index in [9.17, 15) is 0 Å². The minimum atomic E-state index is 0.528. The Bertz CT molecular complexity index is 969. The molecule has 6 heteroatoms. The number of ether oxygens (including phenoxy) is 2. The highest BCUT2D eigenvalue weighted by Gasteiger charge is 2.15. The molecule has 118 valence electrons. The van der Waals surface area contributed by atoms with Gasteiger partial charge >= 0.3 is 0 Å². The van der Waals surface area contributed by atoms with Crippen LogP contribution < -0.4 is 9.47 Å². The molecule has 0 N–H and O–H groups in total. The maximum atomic E-state index is 5.93. The van der Waals surface area contributed by atoms with E-state index < -0.39 is 0 Å². The number of aromatic nitrogens is 3. The fraction of sp³-hybridized carbons (Fsp3) is 0.0556. The van der Waals surface area contributed by atoms with Crippen molar-refractivity contribution in [3.63, 3.8) is 0 Å². The SMILES string of the molecule is COc1ccc(-c2csc3ncnc(Oc4cccnc4)c23)cc1. The van der Waals surface area contributed by atoms with Gasteiger partial charge in [-0.05, 0) is 29.8 Å². The van der Waals surface area contributed by atoms with Crippen LogP contribution in [0.3, 0.4) is 0 Å². The van der Waals surface area contributed by atoms with Gasteiger partial charge in [0.1, 0.15) is 22.7 Å². The summed E-state index contributed by atoms with van der Waals surface area (Å²) in [6, 6.07) is 11.6. The van der Waals surface area contributed by atoms with Gasteiger partial charge in [0.05, 0.1) is 18.7 Å². The smallest absolute Gasteiger partial charge is 0.231 e. The summed E-state index contributed by atoms with van der Waals surface area (Å²) in [4.78, 5) is 13.6. The third-order valence-corrected chi connectivity index (χ3v) is 4.47. The molecule has 3 aromatic heterocycles. The third-order valence-electron chi connectivity index (χ3n) is 3.59. The van der Waals surface area contributed by atoms with Gasteiger partial charge in [-0.25, -0.2) is 9.97 Å². The highest BCUT2D eigenvalue weighted by molar-refractivity contribution is 7.17. The first-order valence-electron chi connectivity index (χ1n) is 7.29. The Morgan fingerprint density at radius 3 is 2.62 bits per heavy atom. The number of nitrogens with zero attached hydrogens (tertiary/aromatic N) is 3. The molecule has 1 aromatic carbocycles. The number of hydrogen-bond acceptors (Lipinski definition) is 6. The second kappa shape index (κ2) is 6.25. The Labute approximate surface area is 142 Å². The number of pyridine rings is 1. The minimum Gasteiger partial charge on any atom is -0.497 e. The average molecular weight is 335 g/mol. The molecule has 5 nitrogen and oxygen atoms in total. The lowest BCUT2D eigenvalue weighted by Gasteiger charge is -2.07. The van der Waals surface area contributed by atoms with Crippen LogP contribution in [0.4, 0.5) is 0 Å². The molecule has 0 saturated carbocycles. The van der Waals surface area contributed by atoms with Gasteiger partial charge in [-0.1, -0.05) is 12.1 Å². The van der Waals surface area contributed by atoms with Gasteiger partial charge in [0.2, 0.25) is 5.88 Å². The highest BCUT2D eigenvalue weighted by Crippen LogP contribution is 2.39. The molecule has 0 aliphatic heterocycles. The molecule has 0 amide bonds. The van der Waals surface area contributed by atoms with E-state index in [4.69, 9.17) is 9.47 Å². The molecule has 0 saturated heterocycles. The van der Waals surface area contributed by atoms with Crippen LogP contribution in [0.1, 0.15) is 0 Å². The van der Waals surface area contributed by atoms with Gasteiger partial charge in [-0.2, -0.15) is 0 Å². The summed E-state index contributed by atoms with van der Waals surface area (Å²) in [5.74, 6) is 1.99. The molecule has 0 aliphatic rings. The van der Waals surface area contributed by atoms with Crippen LogP contribution in [-0.4, -0.2) is 22.1 Å². The van der Waals surface area contributed by atoms with Gasteiger partial charge in [-0.15, -0.1) is 11.3 Å². The predicted molar refractivity (Wildman–Crippen MR) is 93.7 cm³/mol. The number of rotatable bonds is 4. The van der Waals surface area contributed by atoms with E-state index in [0.29, 0.717) is 11.6 Å². The Kier molecular flexibility index (Phi) is 3.80. The van der Waals surface area contributed by atoms with E-state index in [1.807, 2.05) is 36.4 Å². The standard InChI is InChI=1S/C18H13N3O2S/c1-22-13-6-4-12(5-7-13)15-10-24-18-16(15)17(20-11-21-18)23-14-3-2-8-19-9-14/h2-11H,1H3. The van der Waals surface area contributed by atoms with Crippen molar-refractivity contribution < 1.29 is 9.47 Å². The second-order valence-electron chi connectivity index (χ2n) is 5.03. The van der Waals surface area contributed by atoms with Crippen LogP contribution in [0.5, 0.6) is 17.4 Å². The first kappa shape index (κ1) is 14.6. The average Bonchev–Trinajstić information content (AvgIpc) is 3.08. The zero-order chi connectivity index (χ0) is 16.4. The molecule has 0 unspecified atom stereocenters. The lowest BCUT2D eigenvalue weighted by molar-refractivity contribution is 0.415. The number of hydrogen-bond donors (Lipinski definition) is 0. The van der Waals surface area contributed by atoms with E-state index in [1.54, 1.807) is 30.8 Å². The minimum absolute atomic E-state index is 0.528. The monoisotopic (exact) mass is 335 g/mol. The zero-order valence-corrected chi connectivity index (χ0v) is 13.7. The highest BCUT2D eigenvalue weighted by atomic mass is 32.1. The summed E-state index contributed by atoms with van der Waals surface area (Å²) < 4.78 is 11.1. The van der Waals surface area contributed by atoms with Gasteiger partial charge in [0.25, 0.3) is 0 Å².